The number of carbonyl (C=O) groups is 1. The van der Waals surface area contributed by atoms with Gasteiger partial charge in [-0.1, -0.05) is 49.8 Å². The molecule has 0 spiro atoms. The molecule has 9 heteroatoms. The molecule has 1 aromatic carbocycles. The van der Waals surface area contributed by atoms with Crippen molar-refractivity contribution in [2.75, 3.05) is 58.2 Å². The number of likely N-dealkylation sites (tertiary alicyclic amines) is 1. The molecule has 3 aromatic rings. The zero-order valence-corrected chi connectivity index (χ0v) is 28.2. The lowest BCUT2D eigenvalue weighted by atomic mass is 9.80. The summed E-state index contributed by atoms with van der Waals surface area (Å²) < 4.78 is 6.91. The number of aromatic nitrogens is 2. The van der Waals surface area contributed by atoms with Crippen LogP contribution in [0.25, 0.3) is 16.5 Å². The van der Waals surface area contributed by atoms with Gasteiger partial charge in [-0.05, 0) is 80.3 Å². The number of benzene rings is 1. The number of nitrogens with one attached hydrogen (secondary N) is 1. The summed E-state index contributed by atoms with van der Waals surface area (Å²) in [5.41, 5.74) is 4.76. The van der Waals surface area contributed by atoms with E-state index in [1.54, 1.807) is 0 Å². The van der Waals surface area contributed by atoms with Crippen LogP contribution in [0.4, 0.5) is 5.82 Å². The number of carboxylic acid groups (broad SMARTS) is 1. The highest BCUT2D eigenvalue weighted by molar-refractivity contribution is 5.89. The zero-order chi connectivity index (χ0) is 32.8. The van der Waals surface area contributed by atoms with Gasteiger partial charge in [-0.15, -0.1) is 0 Å². The molecule has 2 N–H and O–H groups in total. The van der Waals surface area contributed by atoms with E-state index in [1.165, 1.54) is 16.7 Å². The maximum Gasteiger partial charge on any atom is 0.304 e. The van der Waals surface area contributed by atoms with Crippen molar-refractivity contribution in [3.05, 3.63) is 83.7 Å². The van der Waals surface area contributed by atoms with Crippen LogP contribution >= 0.6 is 0 Å². The predicted octanol–water partition coefficient (Wildman–Crippen LogP) is 5.82. The summed E-state index contributed by atoms with van der Waals surface area (Å²) in [6.45, 7) is 12.1. The summed E-state index contributed by atoms with van der Waals surface area (Å²) >= 11 is 0. The highest BCUT2D eigenvalue weighted by Gasteiger charge is 2.40. The minimum atomic E-state index is -0.812. The van der Waals surface area contributed by atoms with Gasteiger partial charge in [0, 0.05) is 69.0 Å². The van der Waals surface area contributed by atoms with Crippen LogP contribution in [0.2, 0.25) is 0 Å². The fraction of sp³-hybridized carbons (Fsp3) is 0.500. The zero-order valence-electron chi connectivity index (χ0n) is 28.2. The van der Waals surface area contributed by atoms with Gasteiger partial charge in [-0.3, -0.25) is 14.7 Å². The van der Waals surface area contributed by atoms with E-state index in [0.29, 0.717) is 19.0 Å². The number of piperazine rings is 1. The maximum absolute atomic E-state index is 11.5. The molecule has 1 aliphatic carbocycles. The predicted molar refractivity (Wildman–Crippen MR) is 188 cm³/mol. The topological polar surface area (TPSA) is 94.1 Å². The lowest BCUT2D eigenvalue weighted by Gasteiger charge is -2.41. The number of hydrogen-bond donors (Lipinski definition) is 2. The molecule has 0 bridgehead atoms. The van der Waals surface area contributed by atoms with Gasteiger partial charge < -0.3 is 25.0 Å². The van der Waals surface area contributed by atoms with Crippen molar-refractivity contribution in [2.24, 2.45) is 5.92 Å². The highest BCUT2D eigenvalue weighted by Crippen LogP contribution is 2.40. The molecule has 6 rings (SSSR count). The van der Waals surface area contributed by atoms with Crippen LogP contribution in [0.5, 0.6) is 0 Å². The number of nitrogens with zero attached hydrogens (tertiary/aromatic N) is 5. The Morgan fingerprint density at radius 3 is 2.74 bits per heavy atom. The Hall–Kier alpha value is -3.63. The Bertz CT molecular complexity index is 1600. The second kappa shape index (κ2) is 15.1. The summed E-state index contributed by atoms with van der Waals surface area (Å²) in [5.74, 6) is -0.0431. The average Bonchev–Trinajstić information content (AvgIpc) is 3.06. The molecular weight excluding hydrogens is 588 g/mol. The third-order valence-electron chi connectivity index (χ3n) is 10.3. The van der Waals surface area contributed by atoms with Crippen LogP contribution in [0.15, 0.2) is 67.0 Å². The van der Waals surface area contributed by atoms with Crippen LogP contribution < -0.4 is 5.32 Å². The van der Waals surface area contributed by atoms with Gasteiger partial charge in [-0.2, -0.15) is 0 Å². The standard InChI is InChI=1S/C38H50N6O3/c1-28-10-4-5-12-33(28)34-13-8-15-38(29(34)2,47-23-9-17-43-21-19-42(3)20-22-43)41-37-36-31(14-16-39-37)24-30(26-40-36)27-44-18-7-6-11-32(44)25-35(45)46/h4-5,8,10,12-16,24,26,29,32H,6-7,9,11,17-23,25,27H2,1-3H3,(H,39,41)(H,45,46). The van der Waals surface area contributed by atoms with Crippen molar-refractivity contribution in [1.29, 1.82) is 0 Å². The van der Waals surface area contributed by atoms with Gasteiger partial charge in [0.2, 0.25) is 0 Å². The number of aliphatic carboxylic acids is 1. The van der Waals surface area contributed by atoms with Crippen molar-refractivity contribution in [1.82, 2.24) is 24.7 Å². The summed E-state index contributed by atoms with van der Waals surface area (Å²) in [7, 11) is 2.19. The van der Waals surface area contributed by atoms with Crippen molar-refractivity contribution in [3.8, 4) is 0 Å². The van der Waals surface area contributed by atoms with E-state index < -0.39 is 11.7 Å². The first kappa shape index (κ1) is 33.3. The largest absolute Gasteiger partial charge is 0.481 e. The van der Waals surface area contributed by atoms with Gasteiger partial charge in [0.1, 0.15) is 5.52 Å². The number of rotatable bonds is 12. The minimum absolute atomic E-state index is 0.00108. The quantitative estimate of drug-likeness (QED) is 0.188. The number of likely N-dealkylation sites (N-methyl/N-ethyl adjacent to an activating group) is 1. The molecule has 4 heterocycles. The number of fused-ring (bicyclic) bond motifs is 1. The number of ether oxygens (including phenoxy) is 1. The number of aryl methyl sites for hydroxylation is 1. The number of carboxylic acids is 1. The molecule has 3 unspecified atom stereocenters. The van der Waals surface area contributed by atoms with Crippen LogP contribution in [-0.4, -0.2) is 100 Å². The Balaban J connectivity index is 1.24. The Kier molecular flexibility index (Phi) is 10.7. The molecule has 2 aromatic heterocycles. The summed E-state index contributed by atoms with van der Waals surface area (Å²) in [6.07, 6.45) is 14.4. The van der Waals surface area contributed by atoms with Crippen molar-refractivity contribution >= 4 is 28.3 Å². The molecule has 3 aliphatic rings. The fourth-order valence-corrected chi connectivity index (χ4v) is 7.40. The van der Waals surface area contributed by atoms with Crippen molar-refractivity contribution in [3.63, 3.8) is 0 Å². The van der Waals surface area contributed by atoms with E-state index in [0.717, 1.165) is 81.4 Å². The third kappa shape index (κ3) is 7.92. The second-order valence-electron chi connectivity index (χ2n) is 13.6. The molecule has 0 saturated carbocycles. The number of allylic oxidation sites excluding steroid dienone is 2. The smallest absolute Gasteiger partial charge is 0.304 e. The van der Waals surface area contributed by atoms with E-state index >= 15 is 0 Å². The first-order valence-electron chi connectivity index (χ1n) is 17.3. The Morgan fingerprint density at radius 2 is 1.94 bits per heavy atom. The molecule has 47 heavy (non-hydrogen) atoms. The second-order valence-corrected chi connectivity index (χ2v) is 13.6. The normalized spacial score (nSPS) is 24.4. The molecule has 2 aliphatic heterocycles. The molecule has 3 atom stereocenters. The SMILES string of the molecule is Cc1ccccc1C1=CC=CC(Nc2nccc3cc(CN4CCCCC4CC(=O)O)cnc23)(OCCCN2CCN(C)CC2)C1C. The van der Waals surface area contributed by atoms with Crippen LogP contribution in [-0.2, 0) is 16.1 Å². The van der Waals surface area contributed by atoms with E-state index in [4.69, 9.17) is 14.7 Å². The van der Waals surface area contributed by atoms with E-state index in [-0.39, 0.29) is 18.4 Å². The third-order valence-corrected chi connectivity index (χ3v) is 10.3. The van der Waals surface area contributed by atoms with E-state index in [2.05, 4.69) is 89.5 Å². The van der Waals surface area contributed by atoms with Crippen LogP contribution in [0.1, 0.15) is 55.7 Å². The minimum Gasteiger partial charge on any atom is -0.481 e. The van der Waals surface area contributed by atoms with Crippen LogP contribution in [0, 0.1) is 12.8 Å². The fourth-order valence-electron chi connectivity index (χ4n) is 7.40. The maximum atomic E-state index is 11.5. The Morgan fingerprint density at radius 1 is 1.11 bits per heavy atom. The summed E-state index contributed by atoms with van der Waals surface area (Å²) in [5, 5.41) is 14.2. The monoisotopic (exact) mass is 638 g/mol. The number of pyridine rings is 2. The first-order valence-corrected chi connectivity index (χ1v) is 17.3. The first-order chi connectivity index (χ1) is 22.8. The van der Waals surface area contributed by atoms with Gasteiger partial charge in [0.25, 0.3) is 0 Å². The molecule has 250 valence electrons. The summed E-state index contributed by atoms with van der Waals surface area (Å²) in [4.78, 5) is 28.5. The van der Waals surface area contributed by atoms with E-state index in [1.807, 2.05) is 18.5 Å². The lowest BCUT2D eigenvalue weighted by Crippen LogP contribution is -2.48. The molecule has 0 radical (unpaired) electrons. The molecule has 0 amide bonds. The van der Waals surface area contributed by atoms with E-state index in [9.17, 15) is 9.90 Å². The number of piperidine rings is 1. The molecular formula is C38H50N6O3. The summed E-state index contributed by atoms with van der Waals surface area (Å²) in [6, 6.07) is 12.8. The molecule has 2 saturated heterocycles. The lowest BCUT2D eigenvalue weighted by molar-refractivity contribution is -0.138. The van der Waals surface area contributed by atoms with Gasteiger partial charge in [0.15, 0.2) is 11.5 Å². The highest BCUT2D eigenvalue weighted by atomic mass is 16.5. The number of anilines is 1. The van der Waals surface area contributed by atoms with Gasteiger partial charge >= 0.3 is 5.97 Å². The average molecular weight is 639 g/mol. The van der Waals surface area contributed by atoms with Gasteiger partial charge in [0.05, 0.1) is 13.0 Å². The van der Waals surface area contributed by atoms with Gasteiger partial charge in [-0.25, -0.2) is 4.98 Å². The molecule has 9 nitrogen and oxygen atoms in total. The molecule has 2 fully saturated rings. The van der Waals surface area contributed by atoms with Crippen molar-refractivity contribution < 1.29 is 14.6 Å². The van der Waals surface area contributed by atoms with Crippen molar-refractivity contribution in [2.45, 2.75) is 64.3 Å². The van der Waals surface area contributed by atoms with Crippen LogP contribution in [0.3, 0.4) is 0 Å². The Labute approximate surface area is 279 Å². The number of hydrogen-bond acceptors (Lipinski definition) is 8.